The van der Waals surface area contributed by atoms with Gasteiger partial charge in [0.05, 0.1) is 18.4 Å². The third-order valence-electron chi connectivity index (χ3n) is 5.23. The molecule has 0 spiro atoms. The van der Waals surface area contributed by atoms with Crippen molar-refractivity contribution in [3.8, 4) is 17.1 Å². The lowest BCUT2D eigenvalue weighted by Crippen LogP contribution is -2.32. The lowest BCUT2D eigenvalue weighted by Gasteiger charge is -2.23. The smallest absolute Gasteiger partial charge is 0.227 e. The van der Waals surface area contributed by atoms with Gasteiger partial charge in [-0.25, -0.2) is 19.9 Å². The first-order chi connectivity index (χ1) is 15.8. The van der Waals surface area contributed by atoms with Crippen molar-refractivity contribution < 1.29 is 9.47 Å². The van der Waals surface area contributed by atoms with Crippen molar-refractivity contribution in [2.45, 2.75) is 26.4 Å². The zero-order valence-corrected chi connectivity index (χ0v) is 19.7. The van der Waals surface area contributed by atoms with Crippen LogP contribution < -0.4 is 15.4 Å². The molecule has 0 saturated heterocycles. The SMILES string of the molecule is COc1cc(-c2ncn(C)n2)ccc1Nc1ncc2cc(C)nc(NCC(C)(C)OC)c2n1. The van der Waals surface area contributed by atoms with Gasteiger partial charge in [-0.05, 0) is 45.0 Å². The second kappa shape index (κ2) is 8.99. The predicted molar refractivity (Wildman–Crippen MR) is 128 cm³/mol. The molecule has 1 aromatic carbocycles. The fourth-order valence-corrected chi connectivity index (χ4v) is 3.25. The van der Waals surface area contributed by atoms with Gasteiger partial charge in [0.1, 0.15) is 17.6 Å². The minimum absolute atomic E-state index is 0.344. The number of pyridine rings is 1. The maximum Gasteiger partial charge on any atom is 0.227 e. The molecule has 4 aromatic rings. The molecule has 0 unspecified atom stereocenters. The number of aryl methyl sites for hydroxylation is 2. The summed E-state index contributed by atoms with van der Waals surface area (Å²) in [7, 11) is 5.14. The summed E-state index contributed by atoms with van der Waals surface area (Å²) in [6, 6.07) is 7.65. The Morgan fingerprint density at radius 3 is 2.61 bits per heavy atom. The van der Waals surface area contributed by atoms with Gasteiger partial charge in [-0.3, -0.25) is 4.68 Å². The molecule has 0 radical (unpaired) electrons. The van der Waals surface area contributed by atoms with Gasteiger partial charge < -0.3 is 20.1 Å². The van der Waals surface area contributed by atoms with Crippen molar-refractivity contribution in [1.82, 2.24) is 29.7 Å². The molecule has 0 aliphatic heterocycles. The second-order valence-electron chi connectivity index (χ2n) is 8.34. The Morgan fingerprint density at radius 2 is 1.91 bits per heavy atom. The number of benzene rings is 1. The van der Waals surface area contributed by atoms with Crippen molar-refractivity contribution in [3.05, 3.63) is 42.5 Å². The fraction of sp³-hybridized carbons (Fsp3) is 0.348. The number of aromatic nitrogens is 6. The maximum absolute atomic E-state index is 5.58. The molecule has 0 bridgehead atoms. The third-order valence-corrected chi connectivity index (χ3v) is 5.23. The Balaban J connectivity index is 1.65. The van der Waals surface area contributed by atoms with Crippen LogP contribution in [0.25, 0.3) is 22.3 Å². The van der Waals surface area contributed by atoms with Crippen molar-refractivity contribution >= 4 is 28.4 Å². The Hall–Kier alpha value is -3.79. The number of rotatable bonds is 8. The van der Waals surface area contributed by atoms with Crippen LogP contribution in [0.5, 0.6) is 5.75 Å². The van der Waals surface area contributed by atoms with Crippen molar-refractivity contribution in [2.75, 3.05) is 31.4 Å². The lowest BCUT2D eigenvalue weighted by atomic mass is 10.1. The molecule has 0 amide bonds. The summed E-state index contributed by atoms with van der Waals surface area (Å²) in [4.78, 5) is 18.1. The highest BCUT2D eigenvalue weighted by Gasteiger charge is 2.18. The van der Waals surface area contributed by atoms with E-state index in [4.69, 9.17) is 14.5 Å². The van der Waals surface area contributed by atoms with Crippen LogP contribution in [0.1, 0.15) is 19.5 Å². The summed E-state index contributed by atoms with van der Waals surface area (Å²) in [5.41, 5.74) is 2.84. The number of hydrogen-bond acceptors (Lipinski definition) is 9. The van der Waals surface area contributed by atoms with E-state index in [1.54, 1.807) is 31.4 Å². The molecule has 0 aliphatic carbocycles. The molecular formula is C23H28N8O2. The van der Waals surface area contributed by atoms with Crippen LogP contribution in [-0.4, -0.2) is 56.1 Å². The van der Waals surface area contributed by atoms with E-state index in [-0.39, 0.29) is 5.60 Å². The first-order valence-corrected chi connectivity index (χ1v) is 10.5. The first kappa shape index (κ1) is 22.4. The summed E-state index contributed by atoms with van der Waals surface area (Å²) in [5.74, 6) is 2.37. The first-order valence-electron chi connectivity index (χ1n) is 10.5. The Labute approximate surface area is 192 Å². The van der Waals surface area contributed by atoms with Gasteiger partial charge in [0.25, 0.3) is 0 Å². The van der Waals surface area contributed by atoms with Gasteiger partial charge in [0, 0.05) is 43.5 Å². The van der Waals surface area contributed by atoms with Gasteiger partial charge in [-0.15, -0.1) is 0 Å². The molecular weight excluding hydrogens is 420 g/mol. The quantitative estimate of drug-likeness (QED) is 0.416. The number of nitrogens with zero attached hydrogens (tertiary/aromatic N) is 6. The van der Waals surface area contributed by atoms with Crippen LogP contribution in [-0.2, 0) is 11.8 Å². The molecule has 33 heavy (non-hydrogen) atoms. The monoisotopic (exact) mass is 448 g/mol. The van der Waals surface area contributed by atoms with Crippen molar-refractivity contribution in [3.63, 3.8) is 0 Å². The van der Waals surface area contributed by atoms with Crippen LogP contribution in [0.3, 0.4) is 0 Å². The highest BCUT2D eigenvalue weighted by atomic mass is 16.5. The Bertz CT molecular complexity index is 1280. The number of ether oxygens (including phenoxy) is 2. The summed E-state index contributed by atoms with van der Waals surface area (Å²) in [6.45, 7) is 6.55. The maximum atomic E-state index is 5.58. The Kier molecular flexibility index (Phi) is 6.10. The van der Waals surface area contributed by atoms with E-state index in [9.17, 15) is 0 Å². The average molecular weight is 449 g/mol. The largest absolute Gasteiger partial charge is 0.495 e. The van der Waals surface area contributed by atoms with E-state index in [1.807, 2.05) is 52.1 Å². The molecule has 0 atom stereocenters. The molecule has 3 aromatic heterocycles. The normalized spacial score (nSPS) is 11.6. The molecule has 10 heteroatoms. The molecule has 4 rings (SSSR count). The zero-order valence-electron chi connectivity index (χ0n) is 19.7. The Morgan fingerprint density at radius 1 is 1.09 bits per heavy atom. The number of anilines is 3. The molecule has 0 saturated carbocycles. The predicted octanol–water partition coefficient (Wildman–Crippen LogP) is 3.72. The van der Waals surface area contributed by atoms with Gasteiger partial charge in [0.2, 0.25) is 5.95 Å². The average Bonchev–Trinajstić information content (AvgIpc) is 3.24. The number of hydrogen-bond donors (Lipinski definition) is 2. The highest BCUT2D eigenvalue weighted by molar-refractivity contribution is 5.89. The number of fused-ring (bicyclic) bond motifs is 1. The fourth-order valence-electron chi connectivity index (χ4n) is 3.25. The van der Waals surface area contributed by atoms with E-state index in [0.717, 1.165) is 27.8 Å². The summed E-state index contributed by atoms with van der Waals surface area (Å²) in [5, 5.41) is 11.9. The second-order valence-corrected chi connectivity index (χ2v) is 8.34. The molecule has 172 valence electrons. The van der Waals surface area contributed by atoms with E-state index in [2.05, 4.69) is 30.7 Å². The minimum atomic E-state index is -0.344. The number of methoxy groups -OCH3 is 2. The topological polar surface area (TPSA) is 112 Å². The van der Waals surface area contributed by atoms with Crippen LogP contribution in [0.2, 0.25) is 0 Å². The highest BCUT2D eigenvalue weighted by Crippen LogP contribution is 2.31. The van der Waals surface area contributed by atoms with E-state index in [1.165, 1.54) is 0 Å². The molecule has 0 fully saturated rings. The van der Waals surface area contributed by atoms with Crippen molar-refractivity contribution in [2.24, 2.45) is 7.05 Å². The lowest BCUT2D eigenvalue weighted by molar-refractivity contribution is 0.0343. The van der Waals surface area contributed by atoms with Crippen LogP contribution >= 0.6 is 0 Å². The molecule has 0 aliphatic rings. The van der Waals surface area contributed by atoms with Crippen LogP contribution in [0, 0.1) is 6.92 Å². The van der Waals surface area contributed by atoms with E-state index >= 15 is 0 Å². The van der Waals surface area contributed by atoms with E-state index in [0.29, 0.717) is 29.9 Å². The van der Waals surface area contributed by atoms with Crippen molar-refractivity contribution in [1.29, 1.82) is 0 Å². The summed E-state index contributed by atoms with van der Waals surface area (Å²) < 4.78 is 12.8. The number of nitrogens with one attached hydrogen (secondary N) is 2. The standard InChI is InChI=1S/C23H28N8O2/c1-14-9-16-11-24-22(29-19(16)21(27-14)25-12-23(2,3)33-6)28-17-8-7-15(10-18(17)32-5)20-26-13-31(4)30-20/h7-11,13H,12H2,1-6H3,(H,25,27)(H,24,28,29). The minimum Gasteiger partial charge on any atom is -0.495 e. The molecule has 10 nitrogen and oxygen atoms in total. The third kappa shape index (κ3) is 5.01. The van der Waals surface area contributed by atoms with Gasteiger partial charge in [-0.1, -0.05) is 0 Å². The van der Waals surface area contributed by atoms with Gasteiger partial charge >= 0.3 is 0 Å². The van der Waals surface area contributed by atoms with Gasteiger partial charge in [0.15, 0.2) is 11.6 Å². The van der Waals surface area contributed by atoms with E-state index < -0.39 is 0 Å². The zero-order chi connectivity index (χ0) is 23.6. The summed E-state index contributed by atoms with van der Waals surface area (Å²) >= 11 is 0. The van der Waals surface area contributed by atoms with Gasteiger partial charge in [-0.2, -0.15) is 5.10 Å². The van der Waals surface area contributed by atoms with Crippen LogP contribution in [0.4, 0.5) is 17.5 Å². The molecule has 2 N–H and O–H groups in total. The molecule has 3 heterocycles. The van der Waals surface area contributed by atoms with Crippen LogP contribution in [0.15, 0.2) is 36.8 Å². The summed E-state index contributed by atoms with van der Waals surface area (Å²) in [6.07, 6.45) is 3.44.